The predicted octanol–water partition coefficient (Wildman–Crippen LogP) is 3.04. The fraction of sp³-hybridized carbons (Fsp3) is 0.214. The molecule has 0 fully saturated rings. The molecule has 0 bridgehead atoms. The maximum Gasteiger partial charge on any atom is 0.287 e. The van der Waals surface area contributed by atoms with Crippen LogP contribution >= 0.6 is 27.5 Å². The quantitative estimate of drug-likeness (QED) is 0.634. The molecule has 0 aliphatic carbocycles. The molecule has 1 N–H and O–H groups in total. The molecular formula is C14H14BrClN4O2. The van der Waals surface area contributed by atoms with Crippen molar-refractivity contribution in [1.29, 1.82) is 0 Å². The molecule has 2 aromatic rings. The second kappa shape index (κ2) is 7.42. The molecule has 8 heteroatoms. The van der Waals surface area contributed by atoms with Gasteiger partial charge in [0.1, 0.15) is 16.5 Å². The molecule has 0 amide bonds. The number of hydrogen-bond acceptors (Lipinski definition) is 5. The number of aryl methyl sites for hydroxylation is 1. The third-order valence-corrected chi connectivity index (χ3v) is 3.72. The number of halogens is 2. The van der Waals surface area contributed by atoms with Crippen LogP contribution in [0.2, 0.25) is 5.02 Å². The SMILES string of the molecule is CCOc1ccc(/C=N\Nc2cnn(C)c(=O)c2Cl)cc1Br. The highest BCUT2D eigenvalue weighted by molar-refractivity contribution is 9.10. The van der Waals surface area contributed by atoms with Crippen LogP contribution < -0.4 is 15.7 Å². The summed E-state index contributed by atoms with van der Waals surface area (Å²) in [6.45, 7) is 2.52. The Morgan fingerprint density at radius 1 is 1.55 bits per heavy atom. The summed E-state index contributed by atoms with van der Waals surface area (Å²) in [6, 6.07) is 5.59. The first-order chi connectivity index (χ1) is 10.5. The third kappa shape index (κ3) is 3.86. The van der Waals surface area contributed by atoms with Crippen LogP contribution in [-0.2, 0) is 7.05 Å². The van der Waals surface area contributed by atoms with Crippen molar-refractivity contribution in [3.05, 3.63) is 49.8 Å². The van der Waals surface area contributed by atoms with E-state index in [2.05, 4.69) is 31.6 Å². The molecule has 0 spiro atoms. The van der Waals surface area contributed by atoms with E-state index in [0.29, 0.717) is 12.3 Å². The van der Waals surface area contributed by atoms with Crippen LogP contribution in [0.1, 0.15) is 12.5 Å². The second-order valence-electron chi connectivity index (χ2n) is 4.29. The second-order valence-corrected chi connectivity index (χ2v) is 5.53. The van der Waals surface area contributed by atoms with E-state index in [1.54, 1.807) is 6.21 Å². The molecule has 0 aliphatic heterocycles. The van der Waals surface area contributed by atoms with Crippen LogP contribution in [0.15, 0.2) is 38.8 Å². The minimum absolute atomic E-state index is 0.0440. The smallest absolute Gasteiger partial charge is 0.287 e. The molecule has 2 rings (SSSR count). The van der Waals surface area contributed by atoms with Crippen molar-refractivity contribution in [1.82, 2.24) is 9.78 Å². The van der Waals surface area contributed by atoms with E-state index in [1.807, 2.05) is 25.1 Å². The summed E-state index contributed by atoms with van der Waals surface area (Å²) in [4.78, 5) is 11.6. The Hall–Kier alpha value is -1.86. The normalized spacial score (nSPS) is 10.9. The number of hydrogen-bond donors (Lipinski definition) is 1. The van der Waals surface area contributed by atoms with E-state index in [4.69, 9.17) is 16.3 Å². The minimum atomic E-state index is -0.384. The first-order valence-electron chi connectivity index (χ1n) is 6.46. The number of nitrogens with zero attached hydrogens (tertiary/aromatic N) is 3. The van der Waals surface area contributed by atoms with Gasteiger partial charge in [-0.3, -0.25) is 10.2 Å². The van der Waals surface area contributed by atoms with Gasteiger partial charge < -0.3 is 4.74 Å². The van der Waals surface area contributed by atoms with Gasteiger partial charge in [0.25, 0.3) is 5.56 Å². The predicted molar refractivity (Wildman–Crippen MR) is 91.0 cm³/mol. The van der Waals surface area contributed by atoms with Crippen molar-refractivity contribution >= 4 is 39.4 Å². The van der Waals surface area contributed by atoms with Crippen molar-refractivity contribution in [2.45, 2.75) is 6.92 Å². The highest BCUT2D eigenvalue weighted by Crippen LogP contribution is 2.25. The number of nitrogens with one attached hydrogen (secondary N) is 1. The first kappa shape index (κ1) is 16.5. The maximum atomic E-state index is 11.6. The Bertz CT molecular complexity index is 761. The van der Waals surface area contributed by atoms with Gasteiger partial charge in [-0.15, -0.1) is 0 Å². The lowest BCUT2D eigenvalue weighted by Gasteiger charge is -2.06. The highest BCUT2D eigenvalue weighted by Gasteiger charge is 2.06. The molecule has 116 valence electrons. The summed E-state index contributed by atoms with van der Waals surface area (Å²) in [5, 5.41) is 7.97. The number of rotatable bonds is 5. The van der Waals surface area contributed by atoms with Crippen molar-refractivity contribution in [2.24, 2.45) is 12.1 Å². The van der Waals surface area contributed by atoms with Crippen LogP contribution in [0.5, 0.6) is 5.75 Å². The summed E-state index contributed by atoms with van der Waals surface area (Å²) in [6.07, 6.45) is 3.05. The van der Waals surface area contributed by atoms with Gasteiger partial charge in [-0.05, 0) is 46.6 Å². The molecular weight excluding hydrogens is 372 g/mol. The van der Waals surface area contributed by atoms with Gasteiger partial charge in [0.15, 0.2) is 0 Å². The highest BCUT2D eigenvalue weighted by atomic mass is 79.9. The number of benzene rings is 1. The molecule has 22 heavy (non-hydrogen) atoms. The van der Waals surface area contributed by atoms with Gasteiger partial charge >= 0.3 is 0 Å². The molecule has 1 heterocycles. The third-order valence-electron chi connectivity index (χ3n) is 2.73. The van der Waals surface area contributed by atoms with Crippen molar-refractivity contribution in [3.8, 4) is 5.75 Å². The van der Waals surface area contributed by atoms with Gasteiger partial charge in [-0.1, -0.05) is 11.6 Å². The van der Waals surface area contributed by atoms with E-state index < -0.39 is 0 Å². The monoisotopic (exact) mass is 384 g/mol. The van der Waals surface area contributed by atoms with Crippen LogP contribution in [-0.4, -0.2) is 22.6 Å². The Morgan fingerprint density at radius 3 is 3.00 bits per heavy atom. The summed E-state index contributed by atoms with van der Waals surface area (Å²) in [7, 11) is 1.53. The van der Waals surface area contributed by atoms with E-state index in [1.165, 1.54) is 13.2 Å². The minimum Gasteiger partial charge on any atom is -0.493 e. The molecule has 0 radical (unpaired) electrons. The number of ether oxygens (including phenoxy) is 1. The van der Waals surface area contributed by atoms with Crippen LogP contribution in [0.4, 0.5) is 5.69 Å². The lowest BCUT2D eigenvalue weighted by molar-refractivity contribution is 0.338. The van der Waals surface area contributed by atoms with Gasteiger partial charge in [-0.25, -0.2) is 4.68 Å². The van der Waals surface area contributed by atoms with E-state index >= 15 is 0 Å². The Kier molecular flexibility index (Phi) is 5.57. The summed E-state index contributed by atoms with van der Waals surface area (Å²) in [5.74, 6) is 0.770. The van der Waals surface area contributed by atoms with Gasteiger partial charge in [-0.2, -0.15) is 10.2 Å². The molecule has 1 aromatic heterocycles. The van der Waals surface area contributed by atoms with E-state index in [-0.39, 0.29) is 10.6 Å². The molecule has 0 saturated carbocycles. The molecule has 0 atom stereocenters. The molecule has 0 saturated heterocycles. The fourth-order valence-electron chi connectivity index (χ4n) is 1.63. The average molecular weight is 386 g/mol. The van der Waals surface area contributed by atoms with Crippen molar-refractivity contribution in [3.63, 3.8) is 0 Å². The van der Waals surface area contributed by atoms with Gasteiger partial charge in [0.05, 0.1) is 23.5 Å². The fourth-order valence-corrected chi connectivity index (χ4v) is 2.36. The van der Waals surface area contributed by atoms with Crippen molar-refractivity contribution in [2.75, 3.05) is 12.0 Å². The topological polar surface area (TPSA) is 68.5 Å². The Labute approximate surface area is 140 Å². The lowest BCUT2D eigenvalue weighted by Crippen LogP contribution is -2.20. The average Bonchev–Trinajstić information content (AvgIpc) is 2.50. The maximum absolute atomic E-state index is 11.6. The molecule has 1 aromatic carbocycles. The largest absolute Gasteiger partial charge is 0.493 e. The van der Waals surface area contributed by atoms with Gasteiger partial charge in [0, 0.05) is 7.05 Å². The molecule has 0 aliphatic rings. The zero-order valence-corrected chi connectivity index (χ0v) is 14.3. The Morgan fingerprint density at radius 2 is 2.32 bits per heavy atom. The van der Waals surface area contributed by atoms with Gasteiger partial charge in [0.2, 0.25) is 0 Å². The molecule has 0 unspecified atom stereocenters. The van der Waals surface area contributed by atoms with Crippen LogP contribution in [0.3, 0.4) is 0 Å². The zero-order chi connectivity index (χ0) is 16.1. The number of anilines is 1. The Balaban J connectivity index is 2.12. The van der Waals surface area contributed by atoms with E-state index in [0.717, 1.165) is 20.5 Å². The summed E-state index contributed by atoms with van der Waals surface area (Å²) in [5.41, 5.74) is 3.53. The molecule has 6 nitrogen and oxygen atoms in total. The number of aromatic nitrogens is 2. The van der Waals surface area contributed by atoms with E-state index in [9.17, 15) is 4.79 Å². The summed E-state index contributed by atoms with van der Waals surface area (Å²) >= 11 is 9.36. The zero-order valence-electron chi connectivity index (χ0n) is 12.0. The first-order valence-corrected chi connectivity index (χ1v) is 7.63. The lowest BCUT2D eigenvalue weighted by atomic mass is 10.2. The van der Waals surface area contributed by atoms with Crippen LogP contribution in [0.25, 0.3) is 0 Å². The van der Waals surface area contributed by atoms with Crippen LogP contribution in [0, 0.1) is 0 Å². The number of hydrazone groups is 1. The summed E-state index contributed by atoms with van der Waals surface area (Å²) < 4.78 is 7.43. The standard InChI is InChI=1S/C14H14BrClN4O2/c1-3-22-12-5-4-9(6-10(12)15)7-17-19-11-8-18-20(2)14(21)13(11)16/h4-8,19H,3H2,1-2H3/b17-7-. The van der Waals surface area contributed by atoms with Crippen molar-refractivity contribution < 1.29 is 4.74 Å².